The fourth-order valence-corrected chi connectivity index (χ4v) is 1.67. The van der Waals surface area contributed by atoms with E-state index < -0.39 is 5.82 Å². The van der Waals surface area contributed by atoms with E-state index in [1.807, 2.05) is 14.0 Å². The molecule has 0 radical (unpaired) electrons. The summed E-state index contributed by atoms with van der Waals surface area (Å²) in [5.41, 5.74) is 0.336. The minimum absolute atomic E-state index is 0.251. The van der Waals surface area contributed by atoms with Gasteiger partial charge in [-0.3, -0.25) is 4.79 Å². The monoisotopic (exact) mass is 302 g/mol. The first kappa shape index (κ1) is 14.1. The van der Waals surface area contributed by atoms with E-state index in [0.29, 0.717) is 22.5 Å². The van der Waals surface area contributed by atoms with Crippen LogP contribution in [0.25, 0.3) is 0 Å². The predicted molar refractivity (Wildman–Crippen MR) is 69.5 cm³/mol. The van der Waals surface area contributed by atoms with Gasteiger partial charge in [-0.2, -0.15) is 0 Å². The number of hydrogen-bond donors (Lipinski definition) is 2. The van der Waals surface area contributed by atoms with Gasteiger partial charge in [-0.15, -0.1) is 0 Å². The van der Waals surface area contributed by atoms with Crippen LogP contribution in [0.3, 0.4) is 0 Å². The Morgan fingerprint density at radius 2 is 2.18 bits per heavy atom. The van der Waals surface area contributed by atoms with E-state index in [4.69, 9.17) is 0 Å². The predicted octanol–water partition coefficient (Wildman–Crippen LogP) is 2.17. The van der Waals surface area contributed by atoms with Crippen LogP contribution in [0.2, 0.25) is 0 Å². The van der Waals surface area contributed by atoms with Crippen LogP contribution in [0.15, 0.2) is 22.7 Å². The first-order chi connectivity index (χ1) is 8.04. The Bertz CT molecular complexity index is 398. The maximum absolute atomic E-state index is 13.2. The largest absolute Gasteiger partial charge is 0.352 e. The van der Waals surface area contributed by atoms with E-state index in [1.165, 1.54) is 12.1 Å². The van der Waals surface area contributed by atoms with E-state index in [9.17, 15) is 9.18 Å². The van der Waals surface area contributed by atoms with Crippen LogP contribution in [0.1, 0.15) is 17.3 Å². The quantitative estimate of drug-likeness (QED) is 0.875. The Labute approximate surface area is 109 Å². The zero-order valence-electron chi connectivity index (χ0n) is 9.89. The van der Waals surface area contributed by atoms with Crippen molar-refractivity contribution >= 4 is 21.8 Å². The second kappa shape index (κ2) is 6.71. The minimum Gasteiger partial charge on any atom is -0.352 e. The molecule has 0 aliphatic heterocycles. The average Bonchev–Trinajstić information content (AvgIpc) is 2.30. The van der Waals surface area contributed by atoms with Crippen LogP contribution in [-0.2, 0) is 0 Å². The van der Waals surface area contributed by atoms with E-state index in [2.05, 4.69) is 26.6 Å². The molecule has 1 amide bonds. The summed E-state index contributed by atoms with van der Waals surface area (Å²) in [6.45, 7) is 3.42. The molecule has 0 saturated carbocycles. The van der Waals surface area contributed by atoms with Crippen molar-refractivity contribution < 1.29 is 9.18 Å². The summed E-state index contributed by atoms with van der Waals surface area (Å²) in [6.07, 6.45) is 0. The third-order valence-electron chi connectivity index (χ3n) is 2.35. The number of nitrogens with one attached hydrogen (secondary N) is 2. The van der Waals surface area contributed by atoms with Crippen molar-refractivity contribution in [2.24, 2.45) is 5.92 Å². The van der Waals surface area contributed by atoms with Gasteiger partial charge in [0.15, 0.2) is 0 Å². The van der Waals surface area contributed by atoms with E-state index >= 15 is 0 Å². The molecule has 5 heteroatoms. The lowest BCUT2D eigenvalue weighted by molar-refractivity contribution is 0.0947. The third-order valence-corrected chi connectivity index (χ3v) is 2.99. The molecular formula is C12H16BrFN2O. The molecule has 1 atom stereocenters. The molecular weight excluding hydrogens is 287 g/mol. The fraction of sp³-hybridized carbons (Fsp3) is 0.417. The van der Waals surface area contributed by atoms with Crippen molar-refractivity contribution in [1.82, 2.24) is 10.6 Å². The molecule has 94 valence electrons. The molecule has 0 aliphatic rings. The summed E-state index contributed by atoms with van der Waals surface area (Å²) in [6, 6.07) is 4.34. The Balaban J connectivity index is 2.55. The molecule has 1 unspecified atom stereocenters. The molecule has 0 bridgehead atoms. The number of amides is 1. The summed E-state index contributed by atoms with van der Waals surface area (Å²) >= 11 is 3.05. The smallest absolute Gasteiger partial charge is 0.251 e. The summed E-state index contributed by atoms with van der Waals surface area (Å²) in [4.78, 5) is 11.7. The highest BCUT2D eigenvalue weighted by Gasteiger charge is 2.09. The highest BCUT2D eigenvalue weighted by molar-refractivity contribution is 9.10. The van der Waals surface area contributed by atoms with Crippen LogP contribution in [0, 0.1) is 11.7 Å². The van der Waals surface area contributed by atoms with E-state index in [0.717, 1.165) is 6.54 Å². The van der Waals surface area contributed by atoms with Crippen LogP contribution in [-0.4, -0.2) is 26.0 Å². The Hall–Kier alpha value is -0.940. The number of benzene rings is 1. The first-order valence-corrected chi connectivity index (χ1v) is 6.21. The highest BCUT2D eigenvalue weighted by Crippen LogP contribution is 2.16. The molecule has 1 rings (SSSR count). The van der Waals surface area contributed by atoms with Gasteiger partial charge < -0.3 is 10.6 Å². The Morgan fingerprint density at radius 3 is 2.76 bits per heavy atom. The standard InChI is InChI=1S/C12H16BrFN2O/c1-8(6-15-2)7-16-12(17)9-3-4-10(13)11(14)5-9/h3-5,8,15H,6-7H2,1-2H3,(H,16,17). The van der Waals surface area contributed by atoms with Gasteiger partial charge in [0, 0.05) is 12.1 Å². The van der Waals surface area contributed by atoms with Gasteiger partial charge in [-0.25, -0.2) is 4.39 Å². The molecule has 0 saturated heterocycles. The van der Waals surface area contributed by atoms with Crippen molar-refractivity contribution in [2.75, 3.05) is 20.1 Å². The van der Waals surface area contributed by atoms with Crippen molar-refractivity contribution in [3.63, 3.8) is 0 Å². The number of carbonyl (C=O) groups excluding carboxylic acids is 1. The zero-order chi connectivity index (χ0) is 12.8. The molecule has 0 spiro atoms. The van der Waals surface area contributed by atoms with Gasteiger partial charge >= 0.3 is 0 Å². The lowest BCUT2D eigenvalue weighted by atomic mass is 10.1. The molecule has 17 heavy (non-hydrogen) atoms. The number of rotatable bonds is 5. The van der Waals surface area contributed by atoms with Crippen LogP contribution >= 0.6 is 15.9 Å². The second-order valence-corrected chi connectivity index (χ2v) is 4.86. The van der Waals surface area contributed by atoms with Gasteiger partial charge in [-0.05, 0) is 53.6 Å². The maximum atomic E-state index is 13.2. The van der Waals surface area contributed by atoms with E-state index in [-0.39, 0.29) is 5.91 Å². The van der Waals surface area contributed by atoms with Crippen LogP contribution < -0.4 is 10.6 Å². The molecule has 0 heterocycles. The summed E-state index contributed by atoms with van der Waals surface area (Å²) in [5, 5.41) is 5.80. The minimum atomic E-state index is -0.430. The molecule has 1 aromatic carbocycles. The third kappa shape index (κ3) is 4.44. The Morgan fingerprint density at radius 1 is 1.47 bits per heavy atom. The molecule has 2 N–H and O–H groups in total. The van der Waals surface area contributed by atoms with Crippen molar-refractivity contribution in [1.29, 1.82) is 0 Å². The van der Waals surface area contributed by atoms with Gasteiger partial charge in [0.25, 0.3) is 5.91 Å². The van der Waals surface area contributed by atoms with Crippen molar-refractivity contribution in [2.45, 2.75) is 6.92 Å². The normalized spacial score (nSPS) is 12.2. The van der Waals surface area contributed by atoms with Gasteiger partial charge in [0.2, 0.25) is 0 Å². The average molecular weight is 303 g/mol. The maximum Gasteiger partial charge on any atom is 0.251 e. The lowest BCUT2D eigenvalue weighted by Gasteiger charge is -2.12. The van der Waals surface area contributed by atoms with E-state index in [1.54, 1.807) is 6.07 Å². The summed E-state index contributed by atoms with van der Waals surface area (Å²) < 4.78 is 13.6. The van der Waals surface area contributed by atoms with Crippen LogP contribution in [0.4, 0.5) is 4.39 Å². The van der Waals surface area contributed by atoms with Gasteiger partial charge in [0.1, 0.15) is 5.82 Å². The molecule has 0 aliphatic carbocycles. The van der Waals surface area contributed by atoms with Crippen LogP contribution in [0.5, 0.6) is 0 Å². The Kier molecular flexibility index (Phi) is 5.58. The number of halogens is 2. The molecule has 1 aromatic rings. The summed E-state index contributed by atoms with van der Waals surface area (Å²) in [7, 11) is 1.86. The highest BCUT2D eigenvalue weighted by atomic mass is 79.9. The first-order valence-electron chi connectivity index (χ1n) is 5.42. The van der Waals surface area contributed by atoms with Gasteiger partial charge in [-0.1, -0.05) is 6.92 Å². The topological polar surface area (TPSA) is 41.1 Å². The molecule has 0 fully saturated rings. The second-order valence-electron chi connectivity index (χ2n) is 4.00. The number of hydrogen-bond acceptors (Lipinski definition) is 2. The fourth-order valence-electron chi connectivity index (χ4n) is 1.43. The van der Waals surface area contributed by atoms with Crippen molar-refractivity contribution in [3.05, 3.63) is 34.1 Å². The number of carbonyl (C=O) groups is 1. The zero-order valence-corrected chi connectivity index (χ0v) is 11.5. The SMILES string of the molecule is CNCC(C)CNC(=O)c1ccc(Br)c(F)c1. The molecule has 3 nitrogen and oxygen atoms in total. The van der Waals surface area contributed by atoms with Crippen molar-refractivity contribution in [3.8, 4) is 0 Å². The summed E-state index contributed by atoms with van der Waals surface area (Å²) in [5.74, 6) is -0.343. The molecule has 0 aromatic heterocycles. The van der Waals surface area contributed by atoms with Gasteiger partial charge in [0.05, 0.1) is 4.47 Å². The lowest BCUT2D eigenvalue weighted by Crippen LogP contribution is -2.32.